The fraction of sp³-hybridized carbons (Fsp3) is 0.429. The van der Waals surface area contributed by atoms with E-state index in [9.17, 15) is 0 Å². The van der Waals surface area contributed by atoms with Gasteiger partial charge in [-0.2, -0.15) is 5.48 Å². The summed E-state index contributed by atoms with van der Waals surface area (Å²) in [5, 5.41) is 0. The fourth-order valence-electron chi connectivity index (χ4n) is 4.39. The Labute approximate surface area is 144 Å². The van der Waals surface area contributed by atoms with Gasteiger partial charge in [0.15, 0.2) is 0 Å². The van der Waals surface area contributed by atoms with Crippen molar-refractivity contribution < 1.29 is 4.84 Å². The van der Waals surface area contributed by atoms with Crippen molar-refractivity contribution in [2.75, 3.05) is 13.1 Å². The minimum Gasteiger partial charge on any atom is -0.298 e. The molecule has 2 aliphatic heterocycles. The van der Waals surface area contributed by atoms with Crippen LogP contribution in [0.2, 0.25) is 0 Å². The first-order valence-electron chi connectivity index (χ1n) is 8.86. The molecule has 0 aromatic heterocycles. The number of nitrogens with one attached hydrogen (secondary N) is 1. The molecular weight excluding hydrogens is 296 g/mol. The zero-order chi connectivity index (χ0) is 16.6. The monoisotopic (exact) mass is 322 g/mol. The van der Waals surface area contributed by atoms with Gasteiger partial charge in [0.25, 0.3) is 0 Å². The number of nitrogens with zero attached hydrogens (tertiary/aromatic N) is 1. The lowest BCUT2D eigenvalue weighted by molar-refractivity contribution is 0.0119. The standard InChI is InChI=1S/C21H26N2O/c1-21(2)15-23(13-16-9-5-3-6-10-16)14-18-19(24-22-20(18)21)17-11-7-4-8-12-17/h3-12,18-20,22H,13-15H2,1-2H3/t18-,19-,20+/m0/s1. The van der Waals surface area contributed by atoms with Gasteiger partial charge in [0.1, 0.15) is 6.10 Å². The second kappa shape index (κ2) is 6.32. The highest BCUT2D eigenvalue weighted by Crippen LogP contribution is 2.44. The minimum absolute atomic E-state index is 0.133. The first-order chi connectivity index (χ1) is 11.6. The topological polar surface area (TPSA) is 24.5 Å². The molecule has 2 aliphatic rings. The van der Waals surface area contributed by atoms with Gasteiger partial charge in [-0.1, -0.05) is 74.5 Å². The van der Waals surface area contributed by atoms with E-state index in [0.717, 1.165) is 19.6 Å². The van der Waals surface area contributed by atoms with Gasteiger partial charge in [-0.15, -0.1) is 0 Å². The van der Waals surface area contributed by atoms with Crippen LogP contribution >= 0.6 is 0 Å². The van der Waals surface area contributed by atoms with Gasteiger partial charge in [-0.05, 0) is 16.5 Å². The normalized spacial score (nSPS) is 29.3. The molecule has 3 atom stereocenters. The SMILES string of the molecule is CC1(C)CN(Cc2ccccc2)C[C@@H]2[C@H]1NO[C@H]2c1ccccc1. The van der Waals surface area contributed by atoms with E-state index in [-0.39, 0.29) is 11.5 Å². The van der Waals surface area contributed by atoms with Gasteiger partial charge >= 0.3 is 0 Å². The Morgan fingerprint density at radius 2 is 1.71 bits per heavy atom. The van der Waals surface area contributed by atoms with Gasteiger partial charge < -0.3 is 0 Å². The highest BCUT2D eigenvalue weighted by Gasteiger charge is 2.50. The van der Waals surface area contributed by atoms with Gasteiger partial charge in [0.05, 0.1) is 0 Å². The Balaban J connectivity index is 1.56. The zero-order valence-corrected chi connectivity index (χ0v) is 14.5. The summed E-state index contributed by atoms with van der Waals surface area (Å²) >= 11 is 0. The molecule has 2 fully saturated rings. The molecule has 24 heavy (non-hydrogen) atoms. The highest BCUT2D eigenvalue weighted by atomic mass is 16.7. The summed E-state index contributed by atoms with van der Waals surface area (Å²) in [5.74, 6) is 0.472. The average Bonchev–Trinajstić information content (AvgIpc) is 3.01. The van der Waals surface area contributed by atoms with Gasteiger partial charge in [-0.25, -0.2) is 0 Å². The predicted molar refractivity (Wildman–Crippen MR) is 96.2 cm³/mol. The molecule has 126 valence electrons. The van der Waals surface area contributed by atoms with Crippen LogP contribution in [0.15, 0.2) is 60.7 Å². The van der Waals surface area contributed by atoms with Crippen molar-refractivity contribution in [1.82, 2.24) is 10.4 Å². The molecule has 0 aliphatic carbocycles. The predicted octanol–water partition coefficient (Wildman–Crippen LogP) is 3.79. The van der Waals surface area contributed by atoms with Crippen LogP contribution in [0.5, 0.6) is 0 Å². The van der Waals surface area contributed by atoms with Crippen molar-refractivity contribution in [3.05, 3.63) is 71.8 Å². The van der Waals surface area contributed by atoms with E-state index in [4.69, 9.17) is 4.84 Å². The van der Waals surface area contributed by atoms with E-state index in [1.54, 1.807) is 0 Å². The molecule has 3 heteroatoms. The first-order valence-corrected chi connectivity index (χ1v) is 8.86. The van der Waals surface area contributed by atoms with Crippen LogP contribution in [-0.4, -0.2) is 24.0 Å². The van der Waals surface area contributed by atoms with E-state index in [1.807, 2.05) is 0 Å². The van der Waals surface area contributed by atoms with E-state index >= 15 is 0 Å². The Morgan fingerprint density at radius 1 is 1.04 bits per heavy atom. The Hall–Kier alpha value is -1.68. The number of benzene rings is 2. The Bertz CT molecular complexity index is 671. The summed E-state index contributed by atoms with van der Waals surface area (Å²) in [6.45, 7) is 7.86. The minimum atomic E-state index is 0.133. The van der Waals surface area contributed by atoms with Crippen LogP contribution in [-0.2, 0) is 11.4 Å². The van der Waals surface area contributed by atoms with E-state index < -0.39 is 0 Å². The second-order valence-corrected chi connectivity index (χ2v) is 7.85. The fourth-order valence-corrected chi connectivity index (χ4v) is 4.39. The number of hydrogen-bond donors (Lipinski definition) is 1. The lowest BCUT2D eigenvalue weighted by atomic mass is 9.72. The Morgan fingerprint density at radius 3 is 2.42 bits per heavy atom. The number of fused-ring (bicyclic) bond motifs is 1. The smallest absolute Gasteiger partial charge is 0.110 e. The van der Waals surface area contributed by atoms with Crippen LogP contribution in [0.1, 0.15) is 31.1 Å². The van der Waals surface area contributed by atoms with Crippen molar-refractivity contribution in [2.45, 2.75) is 32.5 Å². The van der Waals surface area contributed by atoms with E-state index in [1.165, 1.54) is 11.1 Å². The summed E-state index contributed by atoms with van der Waals surface area (Å²) < 4.78 is 0. The molecule has 2 heterocycles. The number of likely N-dealkylation sites (tertiary alicyclic amines) is 1. The third-order valence-electron chi connectivity index (χ3n) is 5.46. The van der Waals surface area contributed by atoms with Crippen LogP contribution in [0.4, 0.5) is 0 Å². The summed E-state index contributed by atoms with van der Waals surface area (Å²) in [7, 11) is 0. The summed E-state index contributed by atoms with van der Waals surface area (Å²) in [5.41, 5.74) is 6.19. The van der Waals surface area contributed by atoms with Crippen molar-refractivity contribution in [1.29, 1.82) is 0 Å². The quantitative estimate of drug-likeness (QED) is 0.930. The summed E-state index contributed by atoms with van der Waals surface area (Å²) in [6.07, 6.45) is 0.133. The molecule has 1 N–H and O–H groups in total. The number of hydroxylamine groups is 1. The van der Waals surface area contributed by atoms with Crippen molar-refractivity contribution in [3.8, 4) is 0 Å². The van der Waals surface area contributed by atoms with Gasteiger partial charge in [-0.3, -0.25) is 9.74 Å². The summed E-state index contributed by atoms with van der Waals surface area (Å²) in [4.78, 5) is 8.63. The number of hydrogen-bond acceptors (Lipinski definition) is 3. The maximum Gasteiger partial charge on any atom is 0.110 e. The molecule has 0 saturated carbocycles. The molecule has 0 radical (unpaired) electrons. The van der Waals surface area contributed by atoms with Crippen LogP contribution in [0.25, 0.3) is 0 Å². The average molecular weight is 322 g/mol. The van der Waals surface area contributed by atoms with Crippen LogP contribution < -0.4 is 5.48 Å². The third kappa shape index (κ3) is 3.00. The van der Waals surface area contributed by atoms with Crippen LogP contribution in [0, 0.1) is 11.3 Å². The van der Waals surface area contributed by atoms with Crippen molar-refractivity contribution in [3.63, 3.8) is 0 Å². The zero-order valence-electron chi connectivity index (χ0n) is 14.5. The first kappa shape index (κ1) is 15.8. The Kier molecular flexibility index (Phi) is 4.17. The van der Waals surface area contributed by atoms with Crippen molar-refractivity contribution >= 4 is 0 Å². The highest BCUT2D eigenvalue weighted by molar-refractivity contribution is 5.21. The molecule has 3 nitrogen and oxygen atoms in total. The lowest BCUT2D eigenvalue weighted by Crippen LogP contribution is -2.56. The largest absolute Gasteiger partial charge is 0.298 e. The summed E-state index contributed by atoms with van der Waals surface area (Å²) in [6, 6.07) is 21.8. The van der Waals surface area contributed by atoms with Crippen molar-refractivity contribution in [2.24, 2.45) is 11.3 Å². The number of piperidine rings is 1. The molecular formula is C21H26N2O. The lowest BCUT2D eigenvalue weighted by Gasteiger charge is -2.46. The van der Waals surface area contributed by atoms with E-state index in [0.29, 0.717) is 12.0 Å². The molecule has 4 rings (SSSR count). The maximum atomic E-state index is 6.04. The molecule has 0 spiro atoms. The molecule has 0 amide bonds. The molecule has 0 bridgehead atoms. The molecule has 2 saturated heterocycles. The molecule has 2 aromatic rings. The van der Waals surface area contributed by atoms with E-state index in [2.05, 4.69) is 84.9 Å². The van der Waals surface area contributed by atoms with Gasteiger partial charge in [0.2, 0.25) is 0 Å². The third-order valence-corrected chi connectivity index (χ3v) is 5.46. The number of rotatable bonds is 3. The molecule has 2 aromatic carbocycles. The second-order valence-electron chi connectivity index (χ2n) is 7.85. The maximum absolute atomic E-state index is 6.04. The van der Waals surface area contributed by atoms with Gasteiger partial charge in [0, 0.05) is 31.6 Å². The molecule has 0 unspecified atom stereocenters. The van der Waals surface area contributed by atoms with Crippen LogP contribution in [0.3, 0.4) is 0 Å².